The maximum Gasteiger partial charge on any atom is 0.312 e. The van der Waals surface area contributed by atoms with Gasteiger partial charge in [-0.15, -0.1) is 0 Å². The van der Waals surface area contributed by atoms with Gasteiger partial charge in [0.2, 0.25) is 5.91 Å². The van der Waals surface area contributed by atoms with E-state index in [0.717, 1.165) is 5.56 Å². The number of aromatic nitrogens is 2. The van der Waals surface area contributed by atoms with E-state index in [0.29, 0.717) is 40.6 Å². The molecule has 3 aromatic rings. The van der Waals surface area contributed by atoms with Gasteiger partial charge in [-0.25, -0.2) is 0 Å². The number of rotatable bonds is 7. The Bertz CT molecular complexity index is 1180. The van der Waals surface area contributed by atoms with Gasteiger partial charge in [0.1, 0.15) is 17.1 Å². The highest BCUT2D eigenvalue weighted by Crippen LogP contribution is 2.28. The predicted octanol–water partition coefficient (Wildman–Crippen LogP) is 3.68. The van der Waals surface area contributed by atoms with Gasteiger partial charge in [0, 0.05) is 18.6 Å². The van der Waals surface area contributed by atoms with Crippen LogP contribution in [0.2, 0.25) is 0 Å². The van der Waals surface area contributed by atoms with Crippen LogP contribution in [0.4, 0.5) is 17.1 Å². The molecule has 0 saturated carbocycles. The highest BCUT2D eigenvalue weighted by Gasteiger charge is 2.21. The second-order valence-electron chi connectivity index (χ2n) is 7.18. The number of nitro groups is 1. The quantitative estimate of drug-likeness (QED) is 0.429. The molecule has 1 aromatic heterocycles. The maximum absolute atomic E-state index is 12.7. The number of nitrogens with one attached hydrogen (secondary N) is 2. The number of carbonyl (C=O) groups excluding carboxylic acids is 2. The van der Waals surface area contributed by atoms with E-state index >= 15 is 0 Å². The first-order chi connectivity index (χ1) is 15.2. The summed E-state index contributed by atoms with van der Waals surface area (Å²) in [6, 6.07) is 11.8. The van der Waals surface area contributed by atoms with E-state index < -0.39 is 4.92 Å². The third-order valence-electron chi connectivity index (χ3n) is 4.86. The van der Waals surface area contributed by atoms with Crippen molar-refractivity contribution < 1.29 is 19.2 Å². The monoisotopic (exact) mass is 437 g/mol. The second-order valence-corrected chi connectivity index (χ2v) is 7.18. The van der Waals surface area contributed by atoms with Gasteiger partial charge in [0.05, 0.1) is 30.0 Å². The number of hydrogen-bond donors (Lipinski definition) is 2. The Kier molecular flexibility index (Phi) is 6.53. The summed E-state index contributed by atoms with van der Waals surface area (Å²) in [6.07, 6.45) is 0. The van der Waals surface area contributed by atoms with Crippen LogP contribution in [0.3, 0.4) is 0 Å². The minimum absolute atomic E-state index is 0.00858. The zero-order valence-corrected chi connectivity index (χ0v) is 18.1. The highest BCUT2D eigenvalue weighted by molar-refractivity contribution is 6.07. The number of nitrogens with zero attached hydrogens (tertiary/aromatic N) is 3. The third-order valence-corrected chi connectivity index (χ3v) is 4.86. The van der Waals surface area contributed by atoms with E-state index in [1.54, 1.807) is 61.0 Å². The van der Waals surface area contributed by atoms with Crippen molar-refractivity contribution in [2.24, 2.45) is 0 Å². The van der Waals surface area contributed by atoms with E-state index in [1.165, 1.54) is 14.0 Å². The van der Waals surface area contributed by atoms with E-state index in [1.807, 2.05) is 0 Å². The average molecular weight is 437 g/mol. The average Bonchev–Trinajstić information content (AvgIpc) is 3.02. The lowest BCUT2D eigenvalue weighted by atomic mass is 10.1. The lowest BCUT2D eigenvalue weighted by Gasteiger charge is -2.13. The number of carbonyl (C=O) groups is 2. The van der Waals surface area contributed by atoms with Crippen LogP contribution >= 0.6 is 0 Å². The molecule has 3 rings (SSSR count). The van der Waals surface area contributed by atoms with Crippen molar-refractivity contribution in [3.05, 3.63) is 75.1 Å². The maximum atomic E-state index is 12.7. The van der Waals surface area contributed by atoms with Crippen LogP contribution in [0.25, 0.3) is 0 Å². The van der Waals surface area contributed by atoms with Gasteiger partial charge >= 0.3 is 5.69 Å². The van der Waals surface area contributed by atoms with Gasteiger partial charge in [-0.1, -0.05) is 12.1 Å². The molecule has 1 heterocycles. The lowest BCUT2D eigenvalue weighted by molar-refractivity contribution is -0.386. The number of methoxy groups -OCH3 is 1. The van der Waals surface area contributed by atoms with E-state index in [2.05, 4.69) is 15.7 Å². The molecule has 0 unspecified atom stereocenters. The van der Waals surface area contributed by atoms with Gasteiger partial charge in [-0.2, -0.15) is 5.10 Å². The van der Waals surface area contributed by atoms with Gasteiger partial charge in [-0.3, -0.25) is 24.4 Å². The molecule has 0 aliphatic rings. The van der Waals surface area contributed by atoms with Gasteiger partial charge in [-0.05, 0) is 43.7 Å². The Balaban J connectivity index is 1.77. The molecule has 0 bridgehead atoms. The molecule has 0 saturated heterocycles. The fraction of sp³-hybridized carbons (Fsp3) is 0.227. The molecular formula is C22H23N5O5. The first-order valence-electron chi connectivity index (χ1n) is 9.74. The molecule has 0 aliphatic heterocycles. The Morgan fingerprint density at radius 2 is 1.78 bits per heavy atom. The van der Waals surface area contributed by atoms with Crippen molar-refractivity contribution in [2.45, 2.75) is 27.3 Å². The molecule has 0 spiro atoms. The standard InChI is InChI=1S/C22H23N5O5/c1-13-21(27(30)31)14(2)26(25-13)12-16-5-7-17(8-6-16)22(29)24-20-11-18(32-4)9-10-19(20)23-15(3)28/h5-11H,12H2,1-4H3,(H,23,28)(H,24,29). The smallest absolute Gasteiger partial charge is 0.312 e. The van der Waals surface area contributed by atoms with Crippen LogP contribution in [-0.2, 0) is 11.3 Å². The molecule has 0 fully saturated rings. The molecule has 32 heavy (non-hydrogen) atoms. The van der Waals surface area contributed by atoms with E-state index in [9.17, 15) is 19.7 Å². The topological polar surface area (TPSA) is 128 Å². The zero-order valence-electron chi connectivity index (χ0n) is 18.1. The Labute approximate surface area is 184 Å². The molecule has 166 valence electrons. The Morgan fingerprint density at radius 3 is 2.34 bits per heavy atom. The Hall–Kier alpha value is -4.21. The van der Waals surface area contributed by atoms with E-state index in [-0.39, 0.29) is 17.5 Å². The van der Waals surface area contributed by atoms with E-state index in [4.69, 9.17) is 4.74 Å². The normalized spacial score (nSPS) is 10.5. The van der Waals surface area contributed by atoms with Crippen LogP contribution in [0.15, 0.2) is 42.5 Å². The number of benzene rings is 2. The molecule has 0 aliphatic carbocycles. The molecule has 10 heteroatoms. The van der Waals surface area contributed by atoms with Crippen molar-refractivity contribution in [1.82, 2.24) is 9.78 Å². The van der Waals surface area contributed by atoms with Crippen molar-refractivity contribution >= 4 is 28.9 Å². The van der Waals surface area contributed by atoms with Crippen LogP contribution in [-0.4, -0.2) is 33.6 Å². The number of hydrogen-bond acceptors (Lipinski definition) is 6. The molecule has 0 atom stereocenters. The van der Waals surface area contributed by atoms with Crippen molar-refractivity contribution in [2.75, 3.05) is 17.7 Å². The summed E-state index contributed by atoms with van der Waals surface area (Å²) >= 11 is 0. The van der Waals surface area contributed by atoms with Gasteiger partial charge < -0.3 is 15.4 Å². The summed E-state index contributed by atoms with van der Waals surface area (Å²) in [5.41, 5.74) is 2.94. The molecule has 2 aromatic carbocycles. The fourth-order valence-electron chi connectivity index (χ4n) is 3.29. The minimum Gasteiger partial charge on any atom is -0.497 e. The first kappa shape index (κ1) is 22.5. The number of ether oxygens (including phenoxy) is 1. The van der Waals surface area contributed by atoms with Crippen LogP contribution < -0.4 is 15.4 Å². The summed E-state index contributed by atoms with van der Waals surface area (Å²) < 4.78 is 6.76. The SMILES string of the molecule is COc1ccc(NC(C)=O)c(NC(=O)c2ccc(Cn3nc(C)c([N+](=O)[O-])c3C)cc2)c1. The van der Waals surface area contributed by atoms with Crippen LogP contribution in [0.5, 0.6) is 5.75 Å². The molecule has 0 radical (unpaired) electrons. The van der Waals surface area contributed by atoms with Gasteiger partial charge in [0.25, 0.3) is 5.91 Å². The number of aryl methyl sites for hydroxylation is 1. The molecule has 2 N–H and O–H groups in total. The minimum atomic E-state index is -0.435. The lowest BCUT2D eigenvalue weighted by Crippen LogP contribution is -2.15. The summed E-state index contributed by atoms with van der Waals surface area (Å²) in [6.45, 7) is 4.97. The third kappa shape index (κ3) is 4.91. The predicted molar refractivity (Wildman–Crippen MR) is 119 cm³/mol. The molecular weight excluding hydrogens is 414 g/mol. The first-order valence-corrected chi connectivity index (χ1v) is 9.74. The van der Waals surface area contributed by atoms with Crippen molar-refractivity contribution in [3.8, 4) is 5.75 Å². The van der Waals surface area contributed by atoms with Gasteiger partial charge in [0.15, 0.2) is 0 Å². The van der Waals surface area contributed by atoms with Crippen molar-refractivity contribution in [3.63, 3.8) is 0 Å². The second kappa shape index (κ2) is 9.29. The summed E-state index contributed by atoms with van der Waals surface area (Å²) in [5, 5.41) is 20.9. The zero-order chi connectivity index (χ0) is 23.4. The Morgan fingerprint density at radius 1 is 1.09 bits per heavy atom. The summed E-state index contributed by atoms with van der Waals surface area (Å²) in [7, 11) is 1.51. The largest absolute Gasteiger partial charge is 0.497 e. The molecule has 10 nitrogen and oxygen atoms in total. The van der Waals surface area contributed by atoms with Crippen LogP contribution in [0, 0.1) is 24.0 Å². The highest BCUT2D eigenvalue weighted by atomic mass is 16.6. The van der Waals surface area contributed by atoms with Crippen molar-refractivity contribution in [1.29, 1.82) is 0 Å². The number of anilines is 2. The molecule has 2 amide bonds. The summed E-state index contributed by atoms with van der Waals surface area (Å²) in [4.78, 5) is 34.9. The number of amides is 2. The summed E-state index contributed by atoms with van der Waals surface area (Å²) in [5.74, 6) is -0.0960. The fourth-order valence-corrected chi connectivity index (χ4v) is 3.29. The van der Waals surface area contributed by atoms with Crippen LogP contribution in [0.1, 0.15) is 34.2 Å².